The Bertz CT molecular complexity index is 1500. The lowest BCUT2D eigenvalue weighted by Gasteiger charge is -2.11. The fourth-order valence-corrected chi connectivity index (χ4v) is 3.93. The second kappa shape index (κ2) is 8.78. The third kappa shape index (κ3) is 4.11. The molecule has 2 aromatic carbocycles. The van der Waals surface area contributed by atoms with E-state index < -0.39 is 0 Å². The Morgan fingerprint density at radius 2 is 1.79 bits per heavy atom. The van der Waals surface area contributed by atoms with Gasteiger partial charge in [0, 0.05) is 30.2 Å². The molecule has 5 aromatic rings. The van der Waals surface area contributed by atoms with Gasteiger partial charge in [0.1, 0.15) is 11.3 Å². The van der Waals surface area contributed by atoms with Gasteiger partial charge < -0.3 is 11.1 Å². The summed E-state index contributed by atoms with van der Waals surface area (Å²) in [6, 6.07) is 21.3. The SMILES string of the molecule is Cc1cccc(C(=O)NCc2ccc(-n3c(-c4cccnc4N)nc4cc(C)cnc43)cc2)c1. The summed E-state index contributed by atoms with van der Waals surface area (Å²) in [6.45, 7) is 4.39. The highest BCUT2D eigenvalue weighted by molar-refractivity contribution is 5.94. The van der Waals surface area contributed by atoms with Crippen molar-refractivity contribution in [3.8, 4) is 17.1 Å². The molecule has 0 aliphatic carbocycles. The fourth-order valence-electron chi connectivity index (χ4n) is 3.93. The zero-order valence-corrected chi connectivity index (χ0v) is 19.0. The summed E-state index contributed by atoms with van der Waals surface area (Å²) in [6.07, 6.45) is 3.49. The highest BCUT2D eigenvalue weighted by Gasteiger charge is 2.18. The monoisotopic (exact) mass is 448 g/mol. The van der Waals surface area contributed by atoms with Crippen molar-refractivity contribution in [2.75, 3.05) is 5.73 Å². The van der Waals surface area contributed by atoms with Crippen LogP contribution in [0.5, 0.6) is 0 Å². The van der Waals surface area contributed by atoms with E-state index in [1.54, 1.807) is 6.20 Å². The Balaban J connectivity index is 1.46. The van der Waals surface area contributed by atoms with E-state index in [4.69, 9.17) is 10.7 Å². The van der Waals surface area contributed by atoms with Crippen molar-refractivity contribution < 1.29 is 4.79 Å². The maximum atomic E-state index is 12.5. The molecule has 0 fully saturated rings. The van der Waals surface area contributed by atoms with E-state index in [0.717, 1.165) is 39.1 Å². The normalized spacial score (nSPS) is 11.0. The molecular weight excluding hydrogens is 424 g/mol. The first-order valence-corrected chi connectivity index (χ1v) is 11.0. The summed E-state index contributed by atoms with van der Waals surface area (Å²) in [7, 11) is 0. The second-order valence-corrected chi connectivity index (χ2v) is 8.28. The van der Waals surface area contributed by atoms with E-state index >= 15 is 0 Å². The number of benzene rings is 2. The summed E-state index contributed by atoms with van der Waals surface area (Å²) in [4.78, 5) is 26.2. The second-order valence-electron chi connectivity index (χ2n) is 8.28. The van der Waals surface area contributed by atoms with E-state index in [-0.39, 0.29) is 5.91 Å². The van der Waals surface area contributed by atoms with Gasteiger partial charge in [0.2, 0.25) is 0 Å². The minimum atomic E-state index is -0.0951. The number of fused-ring (bicyclic) bond motifs is 1. The highest BCUT2D eigenvalue weighted by atomic mass is 16.1. The number of rotatable bonds is 5. The van der Waals surface area contributed by atoms with Crippen LogP contribution >= 0.6 is 0 Å². The number of nitrogens with zero attached hydrogens (tertiary/aromatic N) is 4. The van der Waals surface area contributed by atoms with Gasteiger partial charge in [-0.1, -0.05) is 29.8 Å². The Labute approximate surface area is 197 Å². The predicted molar refractivity (Wildman–Crippen MR) is 134 cm³/mol. The number of imidazole rings is 1. The van der Waals surface area contributed by atoms with Crippen LogP contribution in [0.25, 0.3) is 28.2 Å². The van der Waals surface area contributed by atoms with Gasteiger partial charge in [-0.15, -0.1) is 0 Å². The average Bonchev–Trinajstić information content (AvgIpc) is 3.21. The van der Waals surface area contributed by atoms with E-state index in [1.807, 2.05) is 91.3 Å². The molecule has 0 radical (unpaired) electrons. The third-order valence-corrected chi connectivity index (χ3v) is 5.64. The molecule has 3 aromatic heterocycles. The van der Waals surface area contributed by atoms with Crippen LogP contribution in [0.1, 0.15) is 27.0 Å². The van der Waals surface area contributed by atoms with Gasteiger partial charge in [0.15, 0.2) is 11.5 Å². The minimum Gasteiger partial charge on any atom is -0.383 e. The van der Waals surface area contributed by atoms with Crippen molar-refractivity contribution >= 4 is 22.9 Å². The summed E-state index contributed by atoms with van der Waals surface area (Å²) in [5.74, 6) is 0.993. The molecule has 0 spiro atoms. The van der Waals surface area contributed by atoms with Gasteiger partial charge in [-0.2, -0.15) is 0 Å². The summed E-state index contributed by atoms with van der Waals surface area (Å²) in [5, 5.41) is 2.98. The number of nitrogen functional groups attached to an aromatic ring is 1. The quantitative estimate of drug-likeness (QED) is 0.409. The van der Waals surface area contributed by atoms with Crippen molar-refractivity contribution in [1.82, 2.24) is 24.8 Å². The van der Waals surface area contributed by atoms with Crippen molar-refractivity contribution in [2.24, 2.45) is 0 Å². The lowest BCUT2D eigenvalue weighted by molar-refractivity contribution is 0.0951. The average molecular weight is 449 g/mol. The summed E-state index contributed by atoms with van der Waals surface area (Å²) >= 11 is 0. The van der Waals surface area contributed by atoms with Gasteiger partial charge in [0.05, 0.1) is 5.56 Å². The van der Waals surface area contributed by atoms with Crippen molar-refractivity contribution in [1.29, 1.82) is 0 Å². The molecule has 168 valence electrons. The number of carbonyl (C=O) groups is 1. The zero-order valence-electron chi connectivity index (χ0n) is 19.0. The Morgan fingerprint density at radius 1 is 0.971 bits per heavy atom. The van der Waals surface area contributed by atoms with Crippen LogP contribution in [0.15, 0.2) is 79.1 Å². The first-order valence-electron chi connectivity index (χ1n) is 11.0. The van der Waals surface area contributed by atoms with Crippen LogP contribution in [0.4, 0.5) is 5.82 Å². The zero-order chi connectivity index (χ0) is 23.7. The number of nitrogens with two attached hydrogens (primary N) is 1. The smallest absolute Gasteiger partial charge is 0.251 e. The topological polar surface area (TPSA) is 98.7 Å². The highest BCUT2D eigenvalue weighted by Crippen LogP contribution is 2.30. The number of anilines is 1. The lowest BCUT2D eigenvalue weighted by Crippen LogP contribution is -2.22. The number of hydrogen-bond donors (Lipinski definition) is 2. The van der Waals surface area contributed by atoms with Crippen LogP contribution in [-0.2, 0) is 6.54 Å². The van der Waals surface area contributed by atoms with Gasteiger partial charge in [-0.05, 0) is 67.4 Å². The molecule has 0 unspecified atom stereocenters. The van der Waals surface area contributed by atoms with E-state index in [0.29, 0.717) is 23.8 Å². The molecule has 1 amide bonds. The van der Waals surface area contributed by atoms with Crippen molar-refractivity contribution in [3.63, 3.8) is 0 Å². The lowest BCUT2D eigenvalue weighted by atomic mass is 10.1. The van der Waals surface area contributed by atoms with Crippen LogP contribution < -0.4 is 11.1 Å². The van der Waals surface area contributed by atoms with Gasteiger partial charge in [0.25, 0.3) is 5.91 Å². The van der Waals surface area contributed by atoms with E-state index in [1.165, 1.54) is 0 Å². The number of amides is 1. The number of aryl methyl sites for hydroxylation is 2. The molecule has 0 atom stereocenters. The predicted octanol–water partition coefficient (Wildman–Crippen LogP) is 4.61. The summed E-state index contributed by atoms with van der Waals surface area (Å²) < 4.78 is 1.98. The van der Waals surface area contributed by atoms with Crippen LogP contribution in [0.2, 0.25) is 0 Å². The Morgan fingerprint density at radius 3 is 2.56 bits per heavy atom. The molecule has 7 nitrogen and oxygen atoms in total. The van der Waals surface area contributed by atoms with Gasteiger partial charge in [-0.25, -0.2) is 15.0 Å². The van der Waals surface area contributed by atoms with Crippen molar-refractivity contribution in [2.45, 2.75) is 20.4 Å². The van der Waals surface area contributed by atoms with Gasteiger partial charge in [-0.3, -0.25) is 9.36 Å². The summed E-state index contributed by atoms with van der Waals surface area (Å²) in [5.41, 5.74) is 13.1. The molecule has 34 heavy (non-hydrogen) atoms. The van der Waals surface area contributed by atoms with Gasteiger partial charge >= 0.3 is 0 Å². The fraction of sp³-hybridized carbons (Fsp3) is 0.111. The molecule has 7 heteroatoms. The third-order valence-electron chi connectivity index (χ3n) is 5.64. The molecule has 0 aliphatic rings. The van der Waals surface area contributed by atoms with Crippen LogP contribution in [-0.4, -0.2) is 25.4 Å². The maximum absolute atomic E-state index is 12.5. The first-order chi connectivity index (χ1) is 16.5. The number of carbonyl (C=O) groups excluding carboxylic acids is 1. The largest absolute Gasteiger partial charge is 0.383 e. The molecule has 3 N–H and O–H groups in total. The molecule has 3 heterocycles. The number of pyridine rings is 2. The number of nitrogens with one attached hydrogen (secondary N) is 1. The van der Waals surface area contributed by atoms with Crippen LogP contribution in [0.3, 0.4) is 0 Å². The van der Waals surface area contributed by atoms with Crippen LogP contribution in [0, 0.1) is 13.8 Å². The number of hydrogen-bond acceptors (Lipinski definition) is 5. The Kier molecular flexibility index (Phi) is 5.51. The standard InChI is InChI=1S/C27H24N6O/c1-17-5-3-6-20(13-17)27(34)31-16-19-8-10-21(11-9-19)33-25(22-7-4-12-29-24(22)28)32-23-14-18(2)15-30-26(23)33/h3-15H,16H2,1-2H3,(H2,28,29)(H,31,34). The maximum Gasteiger partial charge on any atom is 0.251 e. The molecule has 0 saturated carbocycles. The Hall–Kier alpha value is -4.52. The van der Waals surface area contributed by atoms with E-state index in [9.17, 15) is 4.79 Å². The minimum absolute atomic E-state index is 0.0951. The first kappa shape index (κ1) is 21.3. The molecule has 5 rings (SSSR count). The molecule has 0 bridgehead atoms. The molecule has 0 aliphatic heterocycles. The number of aromatic nitrogens is 4. The molecule has 0 saturated heterocycles. The van der Waals surface area contributed by atoms with Crippen molar-refractivity contribution in [3.05, 3.63) is 101 Å². The molecular formula is C27H24N6O. The van der Waals surface area contributed by atoms with E-state index in [2.05, 4.69) is 15.3 Å².